The molecule has 0 unspecified atom stereocenters. The van der Waals surface area contributed by atoms with E-state index in [0.29, 0.717) is 65.6 Å². The van der Waals surface area contributed by atoms with Crippen molar-refractivity contribution >= 4 is 23.6 Å². The molecular formula is C51H44O6S. The summed E-state index contributed by atoms with van der Waals surface area (Å²) >= 11 is 1.54. The summed E-state index contributed by atoms with van der Waals surface area (Å²) in [6, 6.07) is 57.3. The molecule has 0 N–H and O–H groups in total. The number of methoxy groups -OCH3 is 1. The molecule has 7 aromatic carbocycles. The molecule has 0 saturated heterocycles. The lowest BCUT2D eigenvalue weighted by atomic mass is 10.1. The first kappa shape index (κ1) is 39.5. The minimum absolute atomic E-state index is 0.221. The van der Waals surface area contributed by atoms with Gasteiger partial charge >= 0.3 is 0 Å². The van der Waals surface area contributed by atoms with Gasteiger partial charge in [0.05, 0.1) is 17.6 Å². The molecule has 7 aromatic rings. The number of ketones is 1. The van der Waals surface area contributed by atoms with Crippen molar-refractivity contribution in [2.24, 2.45) is 0 Å². The Morgan fingerprint density at radius 3 is 1.45 bits per heavy atom. The van der Waals surface area contributed by atoms with Gasteiger partial charge in [0.25, 0.3) is 0 Å². The molecule has 0 aliphatic carbocycles. The number of hydrogen-bond acceptors (Lipinski definition) is 7. The van der Waals surface area contributed by atoms with Gasteiger partial charge in [0.2, 0.25) is 0 Å². The molecule has 0 aromatic heterocycles. The van der Waals surface area contributed by atoms with Crippen molar-refractivity contribution in [3.63, 3.8) is 0 Å². The maximum absolute atomic E-state index is 14.6. The summed E-state index contributed by atoms with van der Waals surface area (Å²) in [5.41, 5.74) is 6.37. The van der Waals surface area contributed by atoms with Crippen LogP contribution in [0.5, 0.6) is 28.7 Å². The second-order valence-corrected chi connectivity index (χ2v) is 14.4. The van der Waals surface area contributed by atoms with E-state index in [1.165, 1.54) is 11.8 Å². The Hall–Kier alpha value is -6.70. The predicted octanol–water partition coefficient (Wildman–Crippen LogP) is 12.2. The molecule has 0 fully saturated rings. The van der Waals surface area contributed by atoms with Crippen molar-refractivity contribution in [3.8, 4) is 28.7 Å². The van der Waals surface area contributed by atoms with E-state index in [2.05, 4.69) is 0 Å². The summed E-state index contributed by atoms with van der Waals surface area (Å²) in [4.78, 5) is 15.3. The van der Waals surface area contributed by atoms with E-state index in [-0.39, 0.29) is 5.78 Å². The van der Waals surface area contributed by atoms with Crippen molar-refractivity contribution in [1.29, 1.82) is 0 Å². The SMILES string of the molecule is COc1ccc(CSc2c(OCc3ccccc3)ccc(OCc3ccccc3)c2C(=O)/C=C/c2ccc(OCc3ccccc3)c(OCc3ccccc3)c2)cc1. The third-order valence-corrected chi connectivity index (χ3v) is 10.4. The zero-order valence-corrected chi connectivity index (χ0v) is 33.1. The summed E-state index contributed by atoms with van der Waals surface area (Å²) < 4.78 is 30.9. The second kappa shape index (κ2) is 20.5. The van der Waals surface area contributed by atoms with Crippen LogP contribution >= 0.6 is 11.8 Å². The number of carbonyl (C=O) groups excluding carboxylic acids is 1. The minimum atomic E-state index is -0.221. The molecule has 7 heteroatoms. The van der Waals surface area contributed by atoms with Crippen molar-refractivity contribution in [2.75, 3.05) is 7.11 Å². The van der Waals surface area contributed by atoms with Gasteiger partial charge in [-0.25, -0.2) is 0 Å². The first-order chi connectivity index (χ1) is 28.6. The van der Waals surface area contributed by atoms with Gasteiger partial charge < -0.3 is 23.7 Å². The summed E-state index contributed by atoms with van der Waals surface area (Å²) in [6.07, 6.45) is 3.39. The van der Waals surface area contributed by atoms with Crippen LogP contribution in [0.1, 0.15) is 43.7 Å². The molecule has 6 nitrogen and oxygen atoms in total. The van der Waals surface area contributed by atoms with Gasteiger partial charge in [0.1, 0.15) is 43.7 Å². The third kappa shape index (κ3) is 11.2. The fraction of sp³-hybridized carbons (Fsp3) is 0.118. The Bertz CT molecular complexity index is 2380. The number of thioether (sulfide) groups is 1. The third-order valence-electron chi connectivity index (χ3n) is 9.22. The van der Waals surface area contributed by atoms with Gasteiger partial charge in [0.15, 0.2) is 17.3 Å². The van der Waals surface area contributed by atoms with E-state index >= 15 is 0 Å². The molecule has 0 aliphatic rings. The van der Waals surface area contributed by atoms with E-state index in [1.807, 2.05) is 176 Å². The number of allylic oxidation sites excluding steroid dienone is 1. The van der Waals surface area contributed by atoms with E-state index < -0.39 is 0 Å². The van der Waals surface area contributed by atoms with E-state index in [0.717, 1.165) is 39.1 Å². The molecule has 0 saturated carbocycles. The Balaban J connectivity index is 1.21. The van der Waals surface area contributed by atoms with Crippen molar-refractivity contribution in [3.05, 3.63) is 221 Å². The average molecular weight is 785 g/mol. The van der Waals surface area contributed by atoms with Gasteiger partial charge in [-0.3, -0.25) is 4.79 Å². The van der Waals surface area contributed by atoms with Gasteiger partial charge in [-0.05, 0) is 75.9 Å². The predicted molar refractivity (Wildman–Crippen MR) is 232 cm³/mol. The van der Waals surface area contributed by atoms with Crippen LogP contribution in [-0.4, -0.2) is 12.9 Å². The molecule has 0 aliphatic heterocycles. The lowest BCUT2D eigenvalue weighted by Crippen LogP contribution is -2.07. The van der Waals surface area contributed by atoms with Crippen LogP contribution in [0.4, 0.5) is 0 Å². The Labute approximate surface area is 344 Å². The van der Waals surface area contributed by atoms with E-state index in [9.17, 15) is 4.79 Å². The zero-order valence-electron chi connectivity index (χ0n) is 32.3. The first-order valence-corrected chi connectivity index (χ1v) is 20.1. The van der Waals surface area contributed by atoms with Crippen molar-refractivity contribution in [1.82, 2.24) is 0 Å². The molecule has 0 amide bonds. The Morgan fingerprint density at radius 1 is 0.483 bits per heavy atom. The largest absolute Gasteiger partial charge is 0.497 e. The molecule has 0 bridgehead atoms. The van der Waals surface area contributed by atoms with Gasteiger partial charge in [-0.2, -0.15) is 0 Å². The second-order valence-electron chi connectivity index (χ2n) is 13.4. The van der Waals surface area contributed by atoms with Crippen molar-refractivity contribution < 1.29 is 28.5 Å². The summed E-state index contributed by atoms with van der Waals surface area (Å²) in [5.74, 6) is 3.41. The zero-order chi connectivity index (χ0) is 39.8. The van der Waals surface area contributed by atoms with Crippen LogP contribution in [0.2, 0.25) is 0 Å². The minimum Gasteiger partial charge on any atom is -0.497 e. The molecule has 0 atom stereocenters. The fourth-order valence-electron chi connectivity index (χ4n) is 6.09. The normalized spacial score (nSPS) is 10.9. The highest BCUT2D eigenvalue weighted by atomic mass is 32.2. The van der Waals surface area contributed by atoms with Crippen LogP contribution in [0, 0.1) is 0 Å². The standard InChI is InChI=1S/C51H44O6S/c1-53-44-26-22-43(23-27-44)37-58-51-48(56-35-41-18-10-4-11-19-41)31-30-47(55-34-40-16-8-3-9-17-40)50(51)45(52)28-24-38-25-29-46(54-33-39-14-6-2-7-15-39)49(32-38)57-36-42-20-12-5-13-21-42/h2-32H,33-37H2,1H3/b28-24+. The molecule has 58 heavy (non-hydrogen) atoms. The van der Waals surface area contributed by atoms with Crippen LogP contribution in [0.25, 0.3) is 6.08 Å². The van der Waals surface area contributed by atoms with Crippen LogP contribution < -0.4 is 23.7 Å². The maximum Gasteiger partial charge on any atom is 0.190 e. The smallest absolute Gasteiger partial charge is 0.190 e. The lowest BCUT2D eigenvalue weighted by molar-refractivity contribution is 0.103. The van der Waals surface area contributed by atoms with Crippen LogP contribution in [0.3, 0.4) is 0 Å². The first-order valence-electron chi connectivity index (χ1n) is 19.1. The van der Waals surface area contributed by atoms with Gasteiger partial charge in [0, 0.05) is 5.75 Å². The van der Waals surface area contributed by atoms with Crippen LogP contribution in [-0.2, 0) is 32.2 Å². The highest BCUT2D eigenvalue weighted by Gasteiger charge is 2.22. The monoisotopic (exact) mass is 784 g/mol. The molecule has 0 heterocycles. The number of carbonyl (C=O) groups is 1. The van der Waals surface area contributed by atoms with Crippen LogP contribution in [0.15, 0.2) is 187 Å². The maximum atomic E-state index is 14.6. The fourth-order valence-corrected chi connectivity index (χ4v) is 7.21. The quantitative estimate of drug-likeness (QED) is 0.0460. The highest BCUT2D eigenvalue weighted by Crippen LogP contribution is 2.41. The molecule has 0 radical (unpaired) electrons. The number of hydrogen-bond donors (Lipinski definition) is 0. The average Bonchev–Trinajstić information content (AvgIpc) is 3.29. The molecule has 290 valence electrons. The summed E-state index contributed by atoms with van der Waals surface area (Å²) in [6.45, 7) is 1.39. The number of ether oxygens (including phenoxy) is 5. The topological polar surface area (TPSA) is 63.2 Å². The summed E-state index contributed by atoms with van der Waals surface area (Å²) in [7, 11) is 1.65. The molecule has 7 rings (SSSR count). The number of rotatable bonds is 19. The molecular weight excluding hydrogens is 741 g/mol. The van der Waals surface area contributed by atoms with Gasteiger partial charge in [-0.1, -0.05) is 146 Å². The van der Waals surface area contributed by atoms with E-state index in [4.69, 9.17) is 23.7 Å². The van der Waals surface area contributed by atoms with Gasteiger partial charge in [-0.15, -0.1) is 11.8 Å². The molecule has 0 spiro atoms. The lowest BCUT2D eigenvalue weighted by Gasteiger charge is -2.18. The number of benzene rings is 7. The Kier molecular flexibility index (Phi) is 13.9. The summed E-state index contributed by atoms with van der Waals surface area (Å²) in [5, 5.41) is 0. The Morgan fingerprint density at radius 2 is 0.931 bits per heavy atom. The highest BCUT2D eigenvalue weighted by molar-refractivity contribution is 7.98. The van der Waals surface area contributed by atoms with E-state index in [1.54, 1.807) is 19.3 Å². The van der Waals surface area contributed by atoms with Crippen molar-refractivity contribution in [2.45, 2.75) is 37.1 Å².